The van der Waals surface area contributed by atoms with Crippen LogP contribution < -0.4 is 0 Å². The third kappa shape index (κ3) is 7.21. The molecule has 1 aromatic heterocycles. The van der Waals surface area contributed by atoms with Crippen molar-refractivity contribution in [3.63, 3.8) is 0 Å². The number of carbonyl (C=O) groups is 2. The smallest absolute Gasteiger partial charge is 0.313 e. The zero-order valence-corrected chi connectivity index (χ0v) is 19.2. The van der Waals surface area contributed by atoms with Gasteiger partial charge in [-0.2, -0.15) is 4.80 Å². The number of halogens is 2. The number of tetrazole rings is 1. The highest BCUT2D eigenvalue weighted by molar-refractivity contribution is 6.01. The van der Waals surface area contributed by atoms with E-state index in [1.54, 1.807) is 38.2 Å². The van der Waals surface area contributed by atoms with Crippen molar-refractivity contribution in [2.24, 2.45) is 7.05 Å². The molecule has 1 unspecified atom stereocenters. The number of benzene rings is 2. The molecule has 0 spiro atoms. The summed E-state index contributed by atoms with van der Waals surface area (Å²) in [6.07, 6.45) is 0.914. The summed E-state index contributed by atoms with van der Waals surface area (Å²) in [4.78, 5) is 24.8. The summed E-state index contributed by atoms with van der Waals surface area (Å²) in [5.41, 5.74) is 2.09. The fourth-order valence-electron chi connectivity index (χ4n) is 3.33. The lowest BCUT2D eigenvalue weighted by atomic mass is 9.92. The summed E-state index contributed by atoms with van der Waals surface area (Å²) in [6.45, 7) is 1.79. The van der Waals surface area contributed by atoms with E-state index in [9.17, 15) is 23.5 Å². The second-order valence-corrected chi connectivity index (χ2v) is 7.56. The van der Waals surface area contributed by atoms with Crippen molar-refractivity contribution in [2.75, 3.05) is 6.61 Å². The van der Waals surface area contributed by atoms with Crippen LogP contribution in [0.1, 0.15) is 36.7 Å². The van der Waals surface area contributed by atoms with Gasteiger partial charge in [0.15, 0.2) is 0 Å². The van der Waals surface area contributed by atoms with Gasteiger partial charge >= 0.3 is 5.97 Å². The van der Waals surface area contributed by atoms with E-state index < -0.39 is 35.9 Å². The van der Waals surface area contributed by atoms with Crippen molar-refractivity contribution in [3.8, 4) is 0 Å². The van der Waals surface area contributed by atoms with Crippen molar-refractivity contribution < 1.29 is 28.2 Å². The minimum atomic E-state index is -1.22. The molecule has 3 aromatic rings. The normalized spacial score (nSPS) is 11.9. The van der Waals surface area contributed by atoms with Gasteiger partial charge in [0.25, 0.3) is 0 Å². The third-order valence-electron chi connectivity index (χ3n) is 4.85. The first-order valence-electron chi connectivity index (χ1n) is 10.8. The maximum Gasteiger partial charge on any atom is 0.313 e. The first kappa shape index (κ1) is 25.6. The van der Waals surface area contributed by atoms with Gasteiger partial charge in [-0.1, -0.05) is 36.4 Å². The molecule has 3 rings (SSSR count). The number of ketones is 1. The molecule has 0 saturated heterocycles. The summed E-state index contributed by atoms with van der Waals surface area (Å²) in [7, 11) is 1.58. The van der Waals surface area contributed by atoms with Crippen molar-refractivity contribution in [1.29, 1.82) is 0 Å². The Hall–Kier alpha value is -4.05. The Bertz CT molecular complexity index is 1190. The molecule has 1 heterocycles. The van der Waals surface area contributed by atoms with E-state index in [4.69, 9.17) is 4.74 Å². The van der Waals surface area contributed by atoms with Gasteiger partial charge < -0.3 is 9.84 Å². The number of ether oxygens (including phenoxy) is 1. The maximum atomic E-state index is 13.6. The zero-order chi connectivity index (χ0) is 25.4. The molecular formula is C25H24F2N4O4. The highest BCUT2D eigenvalue weighted by atomic mass is 19.1. The molecule has 35 heavy (non-hydrogen) atoms. The molecule has 0 aliphatic rings. The molecule has 0 bridgehead atoms. The van der Waals surface area contributed by atoms with Gasteiger partial charge in [-0.3, -0.25) is 9.59 Å². The van der Waals surface area contributed by atoms with Gasteiger partial charge in [-0.15, -0.1) is 10.2 Å². The second kappa shape index (κ2) is 11.9. The number of rotatable bonds is 10. The minimum Gasteiger partial charge on any atom is -0.466 e. The highest BCUT2D eigenvalue weighted by Crippen LogP contribution is 2.32. The van der Waals surface area contributed by atoms with E-state index in [0.29, 0.717) is 22.3 Å². The van der Waals surface area contributed by atoms with Crippen LogP contribution in [-0.2, 0) is 21.4 Å². The second-order valence-electron chi connectivity index (χ2n) is 7.56. The molecular weight excluding hydrogens is 458 g/mol. The average molecular weight is 482 g/mol. The third-order valence-corrected chi connectivity index (χ3v) is 4.85. The van der Waals surface area contributed by atoms with E-state index in [1.165, 1.54) is 41.2 Å². The summed E-state index contributed by atoms with van der Waals surface area (Å²) < 4.78 is 32.0. The summed E-state index contributed by atoms with van der Waals surface area (Å²) in [5.74, 6) is -1.82. The van der Waals surface area contributed by atoms with Gasteiger partial charge in [-0.05, 0) is 47.5 Å². The summed E-state index contributed by atoms with van der Waals surface area (Å²) >= 11 is 0. The topological polar surface area (TPSA) is 107 Å². The molecule has 1 N–H and O–H groups in total. The van der Waals surface area contributed by atoms with E-state index in [2.05, 4.69) is 15.4 Å². The highest BCUT2D eigenvalue weighted by Gasteiger charge is 2.18. The number of aromatic nitrogens is 4. The zero-order valence-electron chi connectivity index (χ0n) is 19.2. The van der Waals surface area contributed by atoms with Crippen LogP contribution in [-0.4, -0.2) is 49.8 Å². The average Bonchev–Trinajstić information content (AvgIpc) is 3.24. The van der Waals surface area contributed by atoms with E-state index in [0.717, 1.165) is 0 Å². The van der Waals surface area contributed by atoms with Gasteiger partial charge in [0.05, 0.1) is 19.8 Å². The molecule has 182 valence electrons. The van der Waals surface area contributed by atoms with Crippen LogP contribution in [0, 0.1) is 11.6 Å². The number of hydrogen-bond donors (Lipinski definition) is 1. The Morgan fingerprint density at radius 1 is 1.06 bits per heavy atom. The van der Waals surface area contributed by atoms with Crippen LogP contribution in [0.15, 0.2) is 60.7 Å². The molecule has 0 fully saturated rings. The predicted molar refractivity (Wildman–Crippen MR) is 124 cm³/mol. The lowest BCUT2D eigenvalue weighted by molar-refractivity contribution is -0.145. The van der Waals surface area contributed by atoms with Crippen molar-refractivity contribution in [2.45, 2.75) is 25.9 Å². The molecule has 0 amide bonds. The maximum absolute atomic E-state index is 13.6. The molecule has 2 aromatic carbocycles. The lowest BCUT2D eigenvalue weighted by Crippen LogP contribution is -2.16. The van der Waals surface area contributed by atoms with Crippen molar-refractivity contribution >= 4 is 22.9 Å². The monoisotopic (exact) mass is 482 g/mol. The molecule has 1 atom stereocenters. The number of nitrogens with zero attached hydrogens (tertiary/aromatic N) is 4. The van der Waals surface area contributed by atoms with Crippen LogP contribution in [0.5, 0.6) is 0 Å². The number of aliphatic hydroxyl groups excluding tert-OH is 1. The van der Waals surface area contributed by atoms with Crippen LogP contribution in [0.4, 0.5) is 8.78 Å². The molecule has 0 saturated carbocycles. The predicted octanol–water partition coefficient (Wildman–Crippen LogP) is 3.28. The largest absolute Gasteiger partial charge is 0.466 e. The van der Waals surface area contributed by atoms with E-state index >= 15 is 0 Å². The van der Waals surface area contributed by atoms with Crippen LogP contribution in [0.25, 0.3) is 11.1 Å². The Morgan fingerprint density at radius 2 is 1.63 bits per heavy atom. The van der Waals surface area contributed by atoms with Crippen molar-refractivity contribution in [1.82, 2.24) is 20.2 Å². The quantitative estimate of drug-likeness (QED) is 0.268. The van der Waals surface area contributed by atoms with Gasteiger partial charge in [0.1, 0.15) is 23.8 Å². The molecule has 10 heteroatoms. The summed E-state index contributed by atoms with van der Waals surface area (Å²) in [6, 6.07) is 11.4. The van der Waals surface area contributed by atoms with Gasteiger partial charge in [0, 0.05) is 17.6 Å². The van der Waals surface area contributed by atoms with Crippen LogP contribution in [0.2, 0.25) is 0 Å². The number of hydrogen-bond acceptors (Lipinski definition) is 7. The number of aryl methyl sites for hydroxylation is 1. The van der Waals surface area contributed by atoms with Crippen LogP contribution in [0.3, 0.4) is 0 Å². The molecule has 0 aliphatic heterocycles. The number of Topliss-reactive ketones (excluding diaryl/α,β-unsaturated/α-hetero) is 1. The molecule has 0 radical (unpaired) electrons. The molecule has 8 nitrogen and oxygen atoms in total. The fourth-order valence-corrected chi connectivity index (χ4v) is 3.33. The SMILES string of the molecule is CCOC(=O)CC(=O)CC(O)/C=C/C(=C(c1ccc(F)cc1)c1ccc(F)cc1)c1nnn(C)n1. The van der Waals surface area contributed by atoms with Crippen LogP contribution >= 0.6 is 0 Å². The van der Waals surface area contributed by atoms with Crippen molar-refractivity contribution in [3.05, 3.63) is 89.3 Å². The Morgan fingerprint density at radius 3 is 2.11 bits per heavy atom. The fraction of sp³-hybridized carbons (Fsp3) is 0.240. The number of carbonyl (C=O) groups excluding carboxylic acids is 2. The van der Waals surface area contributed by atoms with Gasteiger partial charge in [0.2, 0.25) is 5.82 Å². The van der Waals surface area contributed by atoms with E-state index in [1.807, 2.05) is 0 Å². The lowest BCUT2D eigenvalue weighted by Gasteiger charge is -2.13. The summed E-state index contributed by atoms with van der Waals surface area (Å²) in [5, 5.41) is 22.6. The van der Waals surface area contributed by atoms with Gasteiger partial charge in [-0.25, -0.2) is 8.78 Å². The Balaban J connectivity index is 2.04. The number of aliphatic hydroxyl groups is 1. The Kier molecular flexibility index (Phi) is 8.69. The molecule has 0 aliphatic carbocycles. The standard InChI is InChI=1S/C25H24F2N4O4/c1-3-35-23(34)15-21(33)14-20(32)12-13-22(25-28-30-31(2)29-25)24(16-4-8-18(26)9-5-16)17-6-10-19(27)11-7-17/h4-13,20,32H,3,14-15H2,1-2H3/b13-12+. The van der Waals surface area contributed by atoms with E-state index in [-0.39, 0.29) is 18.9 Å². The number of esters is 1. The Labute approximate surface area is 200 Å². The first-order valence-corrected chi connectivity index (χ1v) is 10.8. The number of allylic oxidation sites excluding steroid dienone is 2. The minimum absolute atomic E-state index is 0.156. The first-order chi connectivity index (χ1) is 16.8.